The molecule has 0 bridgehead atoms. The number of ketones is 1. The summed E-state index contributed by atoms with van der Waals surface area (Å²) >= 11 is 0. The van der Waals surface area contributed by atoms with Crippen molar-refractivity contribution in [2.24, 2.45) is 5.92 Å². The Labute approximate surface area is 108 Å². The van der Waals surface area contributed by atoms with Crippen LogP contribution in [-0.2, 0) is 11.2 Å². The van der Waals surface area contributed by atoms with Crippen LogP contribution in [0.4, 0.5) is 4.39 Å². The molecule has 1 atom stereocenters. The van der Waals surface area contributed by atoms with Crippen LogP contribution in [0.15, 0.2) is 24.3 Å². The van der Waals surface area contributed by atoms with Crippen molar-refractivity contribution in [3.8, 4) is 0 Å². The molecule has 1 aromatic rings. The number of halogens is 1. The van der Waals surface area contributed by atoms with Gasteiger partial charge in [0.25, 0.3) is 0 Å². The number of hydrogen-bond acceptors (Lipinski definition) is 2. The Hall–Kier alpha value is -1.22. The molecular weight excluding hydrogens is 229 g/mol. The highest BCUT2D eigenvalue weighted by Crippen LogP contribution is 2.19. The molecule has 1 saturated heterocycles. The molecule has 2 nitrogen and oxygen atoms in total. The second-order valence-electron chi connectivity index (χ2n) is 5.06. The number of carbonyl (C=O) groups excluding carboxylic acids is 1. The molecule has 2 rings (SSSR count). The Morgan fingerprint density at radius 3 is 2.94 bits per heavy atom. The van der Waals surface area contributed by atoms with E-state index in [-0.39, 0.29) is 18.0 Å². The summed E-state index contributed by atoms with van der Waals surface area (Å²) in [4.78, 5) is 12.0. The van der Waals surface area contributed by atoms with E-state index in [0.29, 0.717) is 17.9 Å². The van der Waals surface area contributed by atoms with Gasteiger partial charge < -0.3 is 5.32 Å². The normalized spacial score (nSPS) is 20.4. The van der Waals surface area contributed by atoms with Crippen LogP contribution < -0.4 is 5.32 Å². The molecule has 1 fully saturated rings. The molecule has 0 aliphatic carbocycles. The lowest BCUT2D eigenvalue weighted by molar-refractivity contribution is -0.119. The molecule has 1 unspecified atom stereocenters. The molecule has 0 radical (unpaired) electrons. The largest absolute Gasteiger partial charge is 0.317 e. The van der Waals surface area contributed by atoms with E-state index < -0.39 is 0 Å². The predicted octanol–water partition coefficient (Wildman–Crippen LogP) is 2.72. The van der Waals surface area contributed by atoms with Gasteiger partial charge in [-0.1, -0.05) is 18.2 Å². The van der Waals surface area contributed by atoms with Gasteiger partial charge in [0, 0.05) is 12.8 Å². The highest BCUT2D eigenvalue weighted by atomic mass is 19.1. The highest BCUT2D eigenvalue weighted by molar-refractivity contribution is 5.81. The first-order valence-electron chi connectivity index (χ1n) is 6.71. The van der Waals surface area contributed by atoms with Crippen LogP contribution in [0.5, 0.6) is 0 Å². The molecule has 0 aromatic heterocycles. The molecule has 0 spiro atoms. The molecule has 18 heavy (non-hydrogen) atoms. The van der Waals surface area contributed by atoms with Gasteiger partial charge in [-0.05, 0) is 49.9 Å². The summed E-state index contributed by atoms with van der Waals surface area (Å²) in [6.07, 6.45) is 4.13. The molecule has 1 aliphatic rings. The van der Waals surface area contributed by atoms with Crippen molar-refractivity contribution in [1.29, 1.82) is 0 Å². The maximum Gasteiger partial charge on any atom is 0.137 e. The summed E-state index contributed by atoms with van der Waals surface area (Å²) in [5, 5.41) is 3.34. The number of carbonyl (C=O) groups is 1. The van der Waals surface area contributed by atoms with Crippen molar-refractivity contribution in [2.45, 2.75) is 32.1 Å². The third-order valence-corrected chi connectivity index (χ3v) is 3.56. The van der Waals surface area contributed by atoms with E-state index in [1.165, 1.54) is 6.07 Å². The third-order valence-electron chi connectivity index (χ3n) is 3.56. The molecule has 0 amide bonds. The van der Waals surface area contributed by atoms with E-state index in [9.17, 15) is 9.18 Å². The zero-order valence-corrected chi connectivity index (χ0v) is 10.6. The minimum atomic E-state index is -0.270. The van der Waals surface area contributed by atoms with Gasteiger partial charge in [-0.15, -0.1) is 0 Å². The fourth-order valence-electron chi connectivity index (χ4n) is 2.54. The molecule has 1 aliphatic heterocycles. The van der Waals surface area contributed by atoms with Crippen LogP contribution in [0, 0.1) is 11.7 Å². The lowest BCUT2D eigenvalue weighted by Crippen LogP contribution is -2.15. The molecule has 1 heterocycles. The fourth-order valence-corrected chi connectivity index (χ4v) is 2.54. The maximum absolute atomic E-state index is 13.4. The van der Waals surface area contributed by atoms with Crippen molar-refractivity contribution in [2.75, 3.05) is 13.1 Å². The first-order valence-corrected chi connectivity index (χ1v) is 6.71. The van der Waals surface area contributed by atoms with Gasteiger partial charge in [-0.2, -0.15) is 0 Å². The number of benzene rings is 1. The van der Waals surface area contributed by atoms with Gasteiger partial charge in [0.1, 0.15) is 11.6 Å². The first-order chi connectivity index (χ1) is 8.75. The van der Waals surface area contributed by atoms with Gasteiger partial charge in [-0.3, -0.25) is 4.79 Å². The Bertz CT molecular complexity index is 397. The summed E-state index contributed by atoms with van der Waals surface area (Å²) in [6.45, 7) is 2.05. The van der Waals surface area contributed by atoms with E-state index in [1.807, 2.05) is 0 Å². The van der Waals surface area contributed by atoms with Crippen LogP contribution >= 0.6 is 0 Å². The summed E-state index contributed by atoms with van der Waals surface area (Å²) in [5.41, 5.74) is 0.522. The Balaban J connectivity index is 1.86. The zero-order chi connectivity index (χ0) is 12.8. The van der Waals surface area contributed by atoms with Crippen molar-refractivity contribution < 1.29 is 9.18 Å². The third kappa shape index (κ3) is 3.91. The van der Waals surface area contributed by atoms with E-state index in [0.717, 1.165) is 32.4 Å². The van der Waals surface area contributed by atoms with Crippen molar-refractivity contribution in [3.63, 3.8) is 0 Å². The maximum atomic E-state index is 13.4. The van der Waals surface area contributed by atoms with Crippen molar-refractivity contribution in [1.82, 2.24) is 5.32 Å². The lowest BCUT2D eigenvalue weighted by atomic mass is 9.92. The Morgan fingerprint density at radius 2 is 2.11 bits per heavy atom. The van der Waals surface area contributed by atoms with Gasteiger partial charge in [0.05, 0.1) is 0 Å². The highest BCUT2D eigenvalue weighted by Gasteiger charge is 2.16. The summed E-state index contributed by atoms with van der Waals surface area (Å²) in [5.74, 6) is 0.361. The molecule has 1 N–H and O–H groups in total. The average molecular weight is 249 g/mol. The van der Waals surface area contributed by atoms with Crippen molar-refractivity contribution >= 4 is 5.78 Å². The SMILES string of the molecule is O=C(Cc1ccccc1F)CC1CCCNCC1. The van der Waals surface area contributed by atoms with Gasteiger partial charge >= 0.3 is 0 Å². The molecular formula is C15H20FNO. The minimum Gasteiger partial charge on any atom is -0.317 e. The first kappa shape index (κ1) is 13.2. The molecule has 3 heteroatoms. The summed E-state index contributed by atoms with van der Waals surface area (Å²) in [6, 6.07) is 6.54. The summed E-state index contributed by atoms with van der Waals surface area (Å²) in [7, 11) is 0. The zero-order valence-electron chi connectivity index (χ0n) is 10.6. The summed E-state index contributed by atoms with van der Waals surface area (Å²) < 4.78 is 13.4. The standard InChI is InChI=1S/C15H20FNO/c16-15-6-2-1-5-13(15)11-14(18)10-12-4-3-8-17-9-7-12/h1-2,5-6,12,17H,3-4,7-11H2. The van der Waals surface area contributed by atoms with Crippen LogP contribution in [0.1, 0.15) is 31.2 Å². The van der Waals surface area contributed by atoms with Crippen molar-refractivity contribution in [3.05, 3.63) is 35.6 Å². The minimum absolute atomic E-state index is 0.159. The van der Waals surface area contributed by atoms with Gasteiger partial charge in [0.2, 0.25) is 0 Å². The smallest absolute Gasteiger partial charge is 0.137 e. The number of hydrogen-bond donors (Lipinski definition) is 1. The monoisotopic (exact) mass is 249 g/mol. The van der Waals surface area contributed by atoms with Crippen LogP contribution in [0.25, 0.3) is 0 Å². The van der Waals surface area contributed by atoms with E-state index in [2.05, 4.69) is 5.32 Å². The van der Waals surface area contributed by atoms with E-state index in [4.69, 9.17) is 0 Å². The van der Waals surface area contributed by atoms with E-state index >= 15 is 0 Å². The van der Waals surface area contributed by atoms with Crippen LogP contribution in [0.2, 0.25) is 0 Å². The second-order valence-corrected chi connectivity index (χ2v) is 5.06. The number of rotatable bonds is 4. The fraction of sp³-hybridized carbons (Fsp3) is 0.533. The second kappa shape index (κ2) is 6.64. The predicted molar refractivity (Wildman–Crippen MR) is 69.9 cm³/mol. The average Bonchev–Trinajstić information content (AvgIpc) is 2.61. The van der Waals surface area contributed by atoms with Crippen LogP contribution in [-0.4, -0.2) is 18.9 Å². The lowest BCUT2D eigenvalue weighted by Gasteiger charge is -2.12. The number of nitrogens with one attached hydrogen (secondary N) is 1. The van der Waals surface area contributed by atoms with E-state index in [1.54, 1.807) is 18.2 Å². The Morgan fingerprint density at radius 1 is 1.28 bits per heavy atom. The number of Topliss-reactive ketones (excluding diaryl/α,β-unsaturated/α-hetero) is 1. The topological polar surface area (TPSA) is 29.1 Å². The van der Waals surface area contributed by atoms with Crippen LogP contribution in [0.3, 0.4) is 0 Å². The molecule has 0 saturated carbocycles. The molecule has 98 valence electrons. The Kier molecular flexibility index (Phi) is 4.88. The quantitative estimate of drug-likeness (QED) is 0.889. The van der Waals surface area contributed by atoms with Gasteiger partial charge in [-0.25, -0.2) is 4.39 Å². The van der Waals surface area contributed by atoms with Gasteiger partial charge in [0.15, 0.2) is 0 Å². The molecule has 1 aromatic carbocycles.